The molecule has 0 aliphatic carbocycles. The Morgan fingerprint density at radius 1 is 0.706 bits per heavy atom. The fourth-order valence-corrected chi connectivity index (χ4v) is 4.18. The zero-order valence-electron chi connectivity index (χ0n) is 18.2. The molecule has 4 aromatic carbocycles. The summed E-state index contributed by atoms with van der Waals surface area (Å²) in [6.45, 7) is 0. The van der Waals surface area contributed by atoms with Crippen molar-refractivity contribution in [3.05, 3.63) is 121 Å². The molecule has 6 rings (SSSR count). The van der Waals surface area contributed by atoms with E-state index in [0.717, 1.165) is 39.0 Å². The molecule has 2 aromatic heterocycles. The summed E-state index contributed by atoms with van der Waals surface area (Å²) >= 11 is 0. The van der Waals surface area contributed by atoms with Crippen LogP contribution in [-0.4, -0.2) is 20.5 Å². The van der Waals surface area contributed by atoms with Gasteiger partial charge in [0.05, 0.1) is 11.4 Å². The van der Waals surface area contributed by atoms with Gasteiger partial charge in [0, 0.05) is 28.3 Å². The maximum absolute atomic E-state index is 13.2. The first-order chi connectivity index (χ1) is 16.8. The normalized spacial score (nSPS) is 11.1. The third-order valence-electron chi connectivity index (χ3n) is 5.84. The summed E-state index contributed by atoms with van der Waals surface area (Å²) in [5.74, 6) is -0.276. The van der Waals surface area contributed by atoms with Crippen LogP contribution < -0.4 is 5.32 Å². The van der Waals surface area contributed by atoms with Crippen molar-refractivity contribution in [3.8, 4) is 22.5 Å². The van der Waals surface area contributed by atoms with Gasteiger partial charge in [0.2, 0.25) is 0 Å². The summed E-state index contributed by atoms with van der Waals surface area (Å²) < 4.78 is 1.74. The predicted molar refractivity (Wildman–Crippen MR) is 136 cm³/mol. The average molecular weight is 441 g/mol. The van der Waals surface area contributed by atoms with Crippen LogP contribution in [0.25, 0.3) is 38.9 Å². The van der Waals surface area contributed by atoms with Gasteiger partial charge >= 0.3 is 0 Å². The molecule has 0 atom stereocenters. The van der Waals surface area contributed by atoms with Crippen molar-refractivity contribution >= 4 is 28.0 Å². The summed E-state index contributed by atoms with van der Waals surface area (Å²) in [5.41, 5.74) is 5.37. The topological polar surface area (TPSA) is 59.3 Å². The van der Waals surface area contributed by atoms with Crippen LogP contribution in [0.1, 0.15) is 10.5 Å². The molecule has 0 saturated carbocycles. The maximum Gasteiger partial charge on any atom is 0.276 e. The molecule has 0 saturated heterocycles. The largest absolute Gasteiger partial charge is 0.320 e. The van der Waals surface area contributed by atoms with Gasteiger partial charge < -0.3 is 5.32 Å². The van der Waals surface area contributed by atoms with Gasteiger partial charge in [-0.3, -0.25) is 4.79 Å². The molecule has 6 aromatic rings. The van der Waals surface area contributed by atoms with E-state index in [2.05, 4.69) is 10.4 Å². The molecule has 162 valence electrons. The molecule has 34 heavy (non-hydrogen) atoms. The van der Waals surface area contributed by atoms with Crippen molar-refractivity contribution in [2.24, 2.45) is 0 Å². The minimum Gasteiger partial charge on any atom is -0.320 e. The molecule has 0 fully saturated rings. The highest BCUT2D eigenvalue weighted by Crippen LogP contribution is 2.27. The van der Waals surface area contributed by atoms with Gasteiger partial charge in [-0.15, -0.1) is 0 Å². The third-order valence-corrected chi connectivity index (χ3v) is 5.84. The lowest BCUT2D eigenvalue weighted by Gasteiger charge is -2.08. The second-order valence-corrected chi connectivity index (χ2v) is 8.04. The molecule has 1 N–H and O–H groups in total. The number of amides is 1. The van der Waals surface area contributed by atoms with Crippen molar-refractivity contribution in [3.63, 3.8) is 0 Å². The Kier molecular flexibility index (Phi) is 4.85. The number of nitrogens with zero attached hydrogens (tertiary/aromatic N) is 3. The number of anilines is 1. The zero-order valence-corrected chi connectivity index (χ0v) is 18.2. The molecular formula is C29H20N4O. The quantitative estimate of drug-likeness (QED) is 0.342. The first-order valence-corrected chi connectivity index (χ1v) is 11.1. The molecule has 0 unspecified atom stereocenters. The highest BCUT2D eigenvalue weighted by Gasteiger charge is 2.17. The van der Waals surface area contributed by atoms with Crippen molar-refractivity contribution in [1.29, 1.82) is 0 Å². The Morgan fingerprint density at radius 3 is 2.18 bits per heavy atom. The molecule has 0 aliphatic heterocycles. The van der Waals surface area contributed by atoms with Gasteiger partial charge in [-0.2, -0.15) is 5.10 Å². The SMILES string of the molecule is O=C(Nc1cccc2ccccc12)c1cc2nc(-c3ccccc3)cc(-c3ccccc3)n2n1. The number of carbonyl (C=O) groups is 1. The summed E-state index contributed by atoms with van der Waals surface area (Å²) in [5, 5.41) is 9.72. The monoisotopic (exact) mass is 440 g/mol. The van der Waals surface area contributed by atoms with E-state index < -0.39 is 0 Å². The standard InChI is InChI=1S/C29H20N4O/c34-29(31-24-17-9-15-20-10-7-8-16-23(20)24)26-19-28-30-25(21-11-3-1-4-12-21)18-27(33(28)32-26)22-13-5-2-6-14-22/h1-19H,(H,31,34). The van der Waals surface area contributed by atoms with E-state index in [9.17, 15) is 4.79 Å². The Bertz CT molecular complexity index is 1630. The second-order valence-electron chi connectivity index (χ2n) is 8.04. The highest BCUT2D eigenvalue weighted by atomic mass is 16.1. The lowest BCUT2D eigenvalue weighted by atomic mass is 10.1. The van der Waals surface area contributed by atoms with E-state index in [-0.39, 0.29) is 5.91 Å². The average Bonchev–Trinajstić information content (AvgIpc) is 3.34. The molecule has 0 aliphatic rings. The van der Waals surface area contributed by atoms with E-state index >= 15 is 0 Å². The smallest absolute Gasteiger partial charge is 0.276 e. The first kappa shape index (κ1) is 19.9. The van der Waals surface area contributed by atoms with Crippen LogP contribution in [0, 0.1) is 0 Å². The van der Waals surface area contributed by atoms with Gasteiger partial charge in [-0.25, -0.2) is 9.50 Å². The Hall–Kier alpha value is -4.77. The molecule has 5 nitrogen and oxygen atoms in total. The van der Waals surface area contributed by atoms with Gasteiger partial charge in [0.15, 0.2) is 11.3 Å². The van der Waals surface area contributed by atoms with Crippen molar-refractivity contribution < 1.29 is 4.79 Å². The fourth-order valence-electron chi connectivity index (χ4n) is 4.18. The van der Waals surface area contributed by atoms with Crippen molar-refractivity contribution in [2.45, 2.75) is 0 Å². The number of rotatable bonds is 4. The minimum atomic E-state index is -0.276. The lowest BCUT2D eigenvalue weighted by molar-refractivity contribution is 0.102. The van der Waals surface area contributed by atoms with Crippen LogP contribution in [0.5, 0.6) is 0 Å². The first-order valence-electron chi connectivity index (χ1n) is 11.1. The van der Waals surface area contributed by atoms with Crippen LogP contribution >= 0.6 is 0 Å². The zero-order chi connectivity index (χ0) is 22.9. The number of benzene rings is 4. The van der Waals surface area contributed by atoms with Crippen LogP contribution in [0.2, 0.25) is 0 Å². The van der Waals surface area contributed by atoms with Gasteiger partial charge in [0.1, 0.15) is 0 Å². The van der Waals surface area contributed by atoms with Crippen LogP contribution in [-0.2, 0) is 0 Å². The van der Waals surface area contributed by atoms with Gasteiger partial charge in [-0.05, 0) is 17.5 Å². The lowest BCUT2D eigenvalue weighted by Crippen LogP contribution is -2.13. The Balaban J connectivity index is 1.46. The number of hydrogen-bond acceptors (Lipinski definition) is 3. The van der Waals surface area contributed by atoms with E-state index in [1.54, 1.807) is 10.6 Å². The number of fused-ring (bicyclic) bond motifs is 2. The molecule has 0 bridgehead atoms. The van der Waals surface area contributed by atoms with Crippen LogP contribution in [0.15, 0.2) is 115 Å². The van der Waals surface area contributed by atoms with E-state index in [4.69, 9.17) is 4.98 Å². The molecule has 0 radical (unpaired) electrons. The van der Waals surface area contributed by atoms with Gasteiger partial charge in [-0.1, -0.05) is 97.1 Å². The number of aromatic nitrogens is 3. The molecular weight excluding hydrogens is 420 g/mol. The van der Waals surface area contributed by atoms with Crippen LogP contribution in [0.4, 0.5) is 5.69 Å². The number of carbonyl (C=O) groups excluding carboxylic acids is 1. The summed E-state index contributed by atoms with van der Waals surface area (Å²) in [7, 11) is 0. The number of nitrogens with one attached hydrogen (secondary N) is 1. The van der Waals surface area contributed by atoms with E-state index in [1.807, 2.05) is 109 Å². The molecule has 1 amide bonds. The second kappa shape index (κ2) is 8.30. The third kappa shape index (κ3) is 3.59. The van der Waals surface area contributed by atoms with Crippen molar-refractivity contribution in [1.82, 2.24) is 14.6 Å². The predicted octanol–water partition coefficient (Wildman–Crippen LogP) is 6.47. The fraction of sp³-hybridized carbons (Fsp3) is 0. The molecule has 5 heteroatoms. The van der Waals surface area contributed by atoms with Gasteiger partial charge in [0.25, 0.3) is 5.91 Å². The van der Waals surface area contributed by atoms with Crippen LogP contribution in [0.3, 0.4) is 0 Å². The summed E-state index contributed by atoms with van der Waals surface area (Å²) in [6.07, 6.45) is 0. The maximum atomic E-state index is 13.2. The summed E-state index contributed by atoms with van der Waals surface area (Å²) in [4.78, 5) is 18.0. The van der Waals surface area contributed by atoms with E-state index in [0.29, 0.717) is 11.3 Å². The Labute approximate surface area is 196 Å². The molecule has 0 spiro atoms. The molecule has 2 heterocycles. The summed E-state index contributed by atoms with van der Waals surface area (Å²) in [6, 6.07) is 37.6. The highest BCUT2D eigenvalue weighted by molar-refractivity contribution is 6.08. The number of hydrogen-bond donors (Lipinski definition) is 1. The Morgan fingerprint density at radius 2 is 1.38 bits per heavy atom. The van der Waals surface area contributed by atoms with E-state index in [1.165, 1.54) is 0 Å². The minimum absolute atomic E-state index is 0.276. The van der Waals surface area contributed by atoms with Crippen molar-refractivity contribution in [2.75, 3.05) is 5.32 Å².